The van der Waals surface area contributed by atoms with Crippen molar-refractivity contribution in [2.45, 2.75) is 13.0 Å². The van der Waals surface area contributed by atoms with Gasteiger partial charge in [0.1, 0.15) is 5.75 Å². The zero-order valence-electron chi connectivity index (χ0n) is 15.6. The number of rotatable bonds is 4. The first-order valence-corrected chi connectivity index (χ1v) is 9.26. The highest BCUT2D eigenvalue weighted by molar-refractivity contribution is 5.96. The minimum Gasteiger partial charge on any atom is -0.508 e. The van der Waals surface area contributed by atoms with Crippen LogP contribution in [0.25, 0.3) is 10.8 Å². The van der Waals surface area contributed by atoms with Gasteiger partial charge in [-0.1, -0.05) is 78.4 Å². The Bertz CT molecular complexity index is 1120. The standard InChI is InChI=1S/C25H21NO2/c1-17-11-13-19(14-12-17)24(26-25(28)20-8-3-2-4-9-20)23-21-10-6-5-7-18(21)15-16-22(23)27/h2-16,24,27H,1H3,(H,26,28)/t24-/m1/s1. The van der Waals surface area contributed by atoms with Gasteiger partial charge in [-0.05, 0) is 41.5 Å². The topological polar surface area (TPSA) is 49.3 Å². The van der Waals surface area contributed by atoms with E-state index < -0.39 is 6.04 Å². The normalized spacial score (nSPS) is 11.9. The Balaban J connectivity index is 1.85. The lowest BCUT2D eigenvalue weighted by molar-refractivity contribution is 0.0943. The summed E-state index contributed by atoms with van der Waals surface area (Å²) in [4.78, 5) is 12.9. The lowest BCUT2D eigenvalue weighted by atomic mass is 9.92. The molecule has 0 spiro atoms. The summed E-state index contributed by atoms with van der Waals surface area (Å²) in [6.07, 6.45) is 0. The molecule has 28 heavy (non-hydrogen) atoms. The predicted molar refractivity (Wildman–Crippen MR) is 113 cm³/mol. The van der Waals surface area contributed by atoms with Crippen LogP contribution in [0.3, 0.4) is 0 Å². The number of hydrogen-bond acceptors (Lipinski definition) is 2. The summed E-state index contributed by atoms with van der Waals surface area (Å²) in [5.41, 5.74) is 3.34. The quantitative estimate of drug-likeness (QED) is 0.509. The summed E-state index contributed by atoms with van der Waals surface area (Å²) < 4.78 is 0. The molecule has 0 aromatic heterocycles. The monoisotopic (exact) mass is 367 g/mol. The summed E-state index contributed by atoms with van der Waals surface area (Å²) in [6, 6.07) is 28.1. The fourth-order valence-corrected chi connectivity index (χ4v) is 3.47. The molecular weight excluding hydrogens is 346 g/mol. The van der Waals surface area contributed by atoms with Crippen molar-refractivity contribution in [2.75, 3.05) is 0 Å². The highest BCUT2D eigenvalue weighted by Gasteiger charge is 2.23. The average Bonchev–Trinajstić information content (AvgIpc) is 2.73. The molecule has 4 aromatic carbocycles. The average molecular weight is 367 g/mol. The number of benzene rings is 4. The zero-order chi connectivity index (χ0) is 19.5. The molecule has 0 unspecified atom stereocenters. The van der Waals surface area contributed by atoms with Crippen molar-refractivity contribution in [3.8, 4) is 5.75 Å². The van der Waals surface area contributed by atoms with Crippen LogP contribution in [0.4, 0.5) is 0 Å². The molecule has 0 aliphatic carbocycles. The van der Waals surface area contributed by atoms with Gasteiger partial charge < -0.3 is 10.4 Å². The van der Waals surface area contributed by atoms with E-state index in [9.17, 15) is 9.90 Å². The SMILES string of the molecule is Cc1ccc([C@@H](NC(=O)c2ccccc2)c2c(O)ccc3ccccc23)cc1. The summed E-state index contributed by atoms with van der Waals surface area (Å²) >= 11 is 0. The zero-order valence-corrected chi connectivity index (χ0v) is 15.6. The number of phenolic OH excluding ortho intramolecular Hbond substituents is 1. The maximum absolute atomic E-state index is 12.9. The Labute approximate surface area is 164 Å². The fourth-order valence-electron chi connectivity index (χ4n) is 3.47. The van der Waals surface area contributed by atoms with E-state index in [1.165, 1.54) is 0 Å². The highest BCUT2D eigenvalue weighted by atomic mass is 16.3. The van der Waals surface area contributed by atoms with Gasteiger partial charge >= 0.3 is 0 Å². The number of hydrogen-bond donors (Lipinski definition) is 2. The summed E-state index contributed by atoms with van der Waals surface area (Å²) in [5.74, 6) is -0.0175. The van der Waals surface area contributed by atoms with Gasteiger partial charge in [0, 0.05) is 11.1 Å². The van der Waals surface area contributed by atoms with Crippen LogP contribution in [-0.2, 0) is 0 Å². The summed E-state index contributed by atoms with van der Waals surface area (Å²) in [7, 11) is 0. The Morgan fingerprint density at radius 2 is 1.50 bits per heavy atom. The molecule has 0 heterocycles. The van der Waals surface area contributed by atoms with E-state index in [2.05, 4.69) is 5.32 Å². The van der Waals surface area contributed by atoms with Gasteiger partial charge in [-0.25, -0.2) is 0 Å². The third-order valence-electron chi connectivity index (χ3n) is 4.96. The van der Waals surface area contributed by atoms with Crippen molar-refractivity contribution in [1.29, 1.82) is 0 Å². The van der Waals surface area contributed by atoms with Crippen molar-refractivity contribution in [3.63, 3.8) is 0 Å². The third kappa shape index (κ3) is 3.47. The number of nitrogens with one attached hydrogen (secondary N) is 1. The molecule has 2 N–H and O–H groups in total. The molecule has 1 amide bonds. The number of aromatic hydroxyl groups is 1. The first-order valence-electron chi connectivity index (χ1n) is 9.26. The second-order valence-corrected chi connectivity index (χ2v) is 6.90. The van der Waals surface area contributed by atoms with E-state index in [1.54, 1.807) is 18.2 Å². The highest BCUT2D eigenvalue weighted by Crippen LogP contribution is 2.36. The minimum absolute atomic E-state index is 0.164. The van der Waals surface area contributed by atoms with E-state index in [0.717, 1.165) is 21.9 Å². The molecular formula is C25H21NO2. The van der Waals surface area contributed by atoms with Crippen LogP contribution in [0.5, 0.6) is 5.75 Å². The van der Waals surface area contributed by atoms with Gasteiger partial charge in [-0.15, -0.1) is 0 Å². The molecule has 0 bridgehead atoms. The molecule has 0 aliphatic rings. The second-order valence-electron chi connectivity index (χ2n) is 6.90. The molecule has 3 nitrogen and oxygen atoms in total. The van der Waals surface area contributed by atoms with Crippen LogP contribution in [-0.4, -0.2) is 11.0 Å². The van der Waals surface area contributed by atoms with Crippen molar-refractivity contribution >= 4 is 16.7 Å². The van der Waals surface area contributed by atoms with Crippen LogP contribution < -0.4 is 5.32 Å². The van der Waals surface area contributed by atoms with E-state index in [4.69, 9.17) is 0 Å². The van der Waals surface area contributed by atoms with Gasteiger partial charge in [0.05, 0.1) is 6.04 Å². The van der Waals surface area contributed by atoms with E-state index >= 15 is 0 Å². The van der Waals surface area contributed by atoms with E-state index in [-0.39, 0.29) is 11.7 Å². The third-order valence-corrected chi connectivity index (χ3v) is 4.96. The van der Waals surface area contributed by atoms with Gasteiger partial charge in [0.25, 0.3) is 5.91 Å². The van der Waals surface area contributed by atoms with Crippen LogP contribution in [0, 0.1) is 6.92 Å². The van der Waals surface area contributed by atoms with E-state index in [0.29, 0.717) is 11.1 Å². The molecule has 0 saturated carbocycles. The number of carbonyl (C=O) groups is 1. The van der Waals surface area contributed by atoms with E-state index in [1.807, 2.05) is 79.7 Å². The van der Waals surface area contributed by atoms with Gasteiger partial charge in [0.2, 0.25) is 0 Å². The number of phenols is 1. The number of amides is 1. The maximum Gasteiger partial charge on any atom is 0.252 e. The molecule has 1 atom stereocenters. The van der Waals surface area contributed by atoms with Crippen LogP contribution >= 0.6 is 0 Å². The molecule has 0 saturated heterocycles. The lowest BCUT2D eigenvalue weighted by Crippen LogP contribution is -2.29. The molecule has 4 aromatic rings. The van der Waals surface area contributed by atoms with Gasteiger partial charge in [-0.3, -0.25) is 4.79 Å². The largest absolute Gasteiger partial charge is 0.508 e. The molecule has 138 valence electrons. The van der Waals surface area contributed by atoms with Gasteiger partial charge in [-0.2, -0.15) is 0 Å². The minimum atomic E-state index is -0.473. The number of aryl methyl sites for hydroxylation is 1. The lowest BCUT2D eigenvalue weighted by Gasteiger charge is -2.23. The smallest absolute Gasteiger partial charge is 0.252 e. The second kappa shape index (κ2) is 7.57. The fraction of sp³-hybridized carbons (Fsp3) is 0.0800. The van der Waals surface area contributed by atoms with Crippen LogP contribution in [0.1, 0.15) is 33.1 Å². The first kappa shape index (κ1) is 17.8. The van der Waals surface area contributed by atoms with Crippen LogP contribution in [0.15, 0.2) is 91.0 Å². The maximum atomic E-state index is 12.9. The molecule has 0 aliphatic heterocycles. The molecule has 0 radical (unpaired) electrons. The Morgan fingerprint density at radius 1 is 0.821 bits per heavy atom. The molecule has 0 fully saturated rings. The van der Waals surface area contributed by atoms with Crippen molar-refractivity contribution in [1.82, 2.24) is 5.32 Å². The Hall–Kier alpha value is -3.59. The number of carbonyl (C=O) groups excluding carboxylic acids is 1. The van der Waals surface area contributed by atoms with Crippen molar-refractivity contribution < 1.29 is 9.90 Å². The summed E-state index contributed by atoms with van der Waals surface area (Å²) in [6.45, 7) is 2.02. The van der Waals surface area contributed by atoms with Crippen molar-refractivity contribution in [3.05, 3.63) is 113 Å². The molecule has 4 rings (SSSR count). The first-order chi connectivity index (χ1) is 13.6. The predicted octanol–water partition coefficient (Wildman–Crippen LogP) is 5.37. The number of fused-ring (bicyclic) bond motifs is 1. The van der Waals surface area contributed by atoms with Crippen molar-refractivity contribution in [2.24, 2.45) is 0 Å². The Morgan fingerprint density at radius 3 is 2.25 bits per heavy atom. The summed E-state index contributed by atoms with van der Waals surface area (Å²) in [5, 5.41) is 15.8. The van der Waals surface area contributed by atoms with Crippen LogP contribution in [0.2, 0.25) is 0 Å². The molecule has 3 heteroatoms. The Kier molecular flexibility index (Phi) is 4.81. The van der Waals surface area contributed by atoms with Gasteiger partial charge in [0.15, 0.2) is 0 Å².